The van der Waals surface area contributed by atoms with Gasteiger partial charge < -0.3 is 9.72 Å². The van der Waals surface area contributed by atoms with E-state index in [9.17, 15) is 9.59 Å². The molecule has 0 bridgehead atoms. The number of halogens is 1. The first-order chi connectivity index (χ1) is 12.1. The molecule has 0 fully saturated rings. The van der Waals surface area contributed by atoms with Crippen molar-refractivity contribution in [2.24, 2.45) is 0 Å². The lowest BCUT2D eigenvalue weighted by molar-refractivity contribution is -0.123. The Kier molecular flexibility index (Phi) is 3.69. The summed E-state index contributed by atoms with van der Waals surface area (Å²) in [5.41, 5.74) is 3.42. The lowest BCUT2D eigenvalue weighted by Crippen LogP contribution is -2.22. The molecule has 2 aromatic carbocycles. The van der Waals surface area contributed by atoms with Crippen LogP contribution in [0.5, 0.6) is 5.75 Å². The van der Waals surface area contributed by atoms with E-state index in [0.717, 1.165) is 22.2 Å². The minimum Gasteiger partial charge on any atom is -0.496 e. The summed E-state index contributed by atoms with van der Waals surface area (Å²) in [6.07, 6.45) is 0. The third kappa shape index (κ3) is 2.37. The van der Waals surface area contributed by atoms with Crippen LogP contribution >= 0.6 is 15.9 Å². The smallest absolute Gasteiger partial charge is 0.265 e. The Morgan fingerprint density at radius 1 is 0.960 bits per heavy atom. The van der Waals surface area contributed by atoms with E-state index in [4.69, 9.17) is 4.74 Å². The van der Waals surface area contributed by atoms with Crippen LogP contribution in [0, 0.1) is 0 Å². The minimum atomic E-state index is -0.434. The number of hydrogen-bond donors (Lipinski definition) is 2. The van der Waals surface area contributed by atoms with Crippen LogP contribution in [-0.4, -0.2) is 23.9 Å². The van der Waals surface area contributed by atoms with E-state index in [-0.39, 0.29) is 4.48 Å². The van der Waals surface area contributed by atoms with Crippen molar-refractivity contribution in [3.8, 4) is 17.0 Å². The second-order valence-electron chi connectivity index (χ2n) is 5.59. The first-order valence-electron chi connectivity index (χ1n) is 7.61. The van der Waals surface area contributed by atoms with Crippen molar-refractivity contribution in [2.75, 3.05) is 7.11 Å². The highest BCUT2D eigenvalue weighted by molar-refractivity contribution is 9.12. The third-order valence-electron chi connectivity index (χ3n) is 4.21. The molecule has 0 radical (unpaired) electrons. The standard InChI is InChI=1S/C19H13BrN2O3/c1-25-13-9-5-3-7-11(13)17-14(10-6-2-4-8-12(10)21-17)15-16(20)19(24)22-18(15)23/h2-9,21H,1H3,(H,22,23,24). The molecule has 3 aromatic rings. The maximum atomic E-state index is 12.4. The average Bonchev–Trinajstić information content (AvgIpc) is 3.12. The van der Waals surface area contributed by atoms with Crippen molar-refractivity contribution >= 4 is 44.2 Å². The molecule has 5 nitrogen and oxygen atoms in total. The topological polar surface area (TPSA) is 71.2 Å². The number of amides is 2. The third-order valence-corrected chi connectivity index (χ3v) is 4.96. The predicted molar refractivity (Wildman–Crippen MR) is 99.3 cm³/mol. The van der Waals surface area contributed by atoms with Gasteiger partial charge in [-0.1, -0.05) is 30.3 Å². The molecule has 0 spiro atoms. The summed E-state index contributed by atoms with van der Waals surface area (Å²) in [5.74, 6) is -0.175. The second kappa shape index (κ2) is 5.89. The van der Waals surface area contributed by atoms with Gasteiger partial charge in [-0.3, -0.25) is 14.9 Å². The summed E-state index contributed by atoms with van der Waals surface area (Å²) in [5, 5.41) is 3.19. The van der Waals surface area contributed by atoms with Crippen molar-refractivity contribution in [3.63, 3.8) is 0 Å². The highest BCUT2D eigenvalue weighted by Gasteiger charge is 2.33. The number of methoxy groups -OCH3 is 1. The largest absolute Gasteiger partial charge is 0.496 e. The molecular weight excluding hydrogens is 384 g/mol. The van der Waals surface area contributed by atoms with Crippen LogP contribution in [0.25, 0.3) is 27.7 Å². The number of carbonyl (C=O) groups excluding carboxylic acids is 2. The number of nitrogens with one attached hydrogen (secondary N) is 2. The second-order valence-corrected chi connectivity index (χ2v) is 6.39. The zero-order valence-electron chi connectivity index (χ0n) is 13.2. The fourth-order valence-corrected chi connectivity index (χ4v) is 3.59. The quantitative estimate of drug-likeness (QED) is 0.664. The lowest BCUT2D eigenvalue weighted by Gasteiger charge is -2.10. The number of hydrogen-bond acceptors (Lipinski definition) is 3. The van der Waals surface area contributed by atoms with E-state index < -0.39 is 11.8 Å². The number of imide groups is 1. The van der Waals surface area contributed by atoms with Gasteiger partial charge >= 0.3 is 0 Å². The van der Waals surface area contributed by atoms with Crippen molar-refractivity contribution in [3.05, 3.63) is 58.6 Å². The van der Waals surface area contributed by atoms with Crippen LogP contribution in [0.3, 0.4) is 0 Å². The van der Waals surface area contributed by atoms with E-state index in [0.29, 0.717) is 16.9 Å². The Balaban J connectivity index is 2.10. The van der Waals surface area contributed by atoms with Gasteiger partial charge in [0.25, 0.3) is 11.8 Å². The number of para-hydroxylation sites is 2. The number of fused-ring (bicyclic) bond motifs is 1. The lowest BCUT2D eigenvalue weighted by atomic mass is 9.98. The zero-order chi connectivity index (χ0) is 17.6. The van der Waals surface area contributed by atoms with Gasteiger partial charge in [0.2, 0.25) is 0 Å². The van der Waals surface area contributed by atoms with E-state index in [1.165, 1.54) is 0 Å². The van der Waals surface area contributed by atoms with Crippen LogP contribution in [0.4, 0.5) is 0 Å². The van der Waals surface area contributed by atoms with Gasteiger partial charge in [-0.15, -0.1) is 0 Å². The molecule has 4 rings (SSSR count). The normalized spacial score (nSPS) is 14.3. The molecule has 2 amide bonds. The van der Waals surface area contributed by atoms with Gasteiger partial charge in [0.05, 0.1) is 22.9 Å². The Hall–Kier alpha value is -2.86. The number of carbonyl (C=O) groups is 2. The van der Waals surface area contributed by atoms with Crippen LogP contribution in [0.15, 0.2) is 53.0 Å². The Morgan fingerprint density at radius 2 is 1.68 bits per heavy atom. The molecule has 1 aliphatic heterocycles. The molecule has 0 saturated heterocycles. The van der Waals surface area contributed by atoms with Crippen molar-refractivity contribution in [1.29, 1.82) is 0 Å². The maximum absolute atomic E-state index is 12.4. The van der Waals surface area contributed by atoms with Crippen molar-refractivity contribution in [1.82, 2.24) is 10.3 Å². The Labute approximate surface area is 151 Å². The summed E-state index contributed by atoms with van der Waals surface area (Å²) in [7, 11) is 1.60. The summed E-state index contributed by atoms with van der Waals surface area (Å²) in [4.78, 5) is 27.7. The molecule has 25 heavy (non-hydrogen) atoms. The minimum absolute atomic E-state index is 0.235. The molecule has 0 saturated carbocycles. The summed E-state index contributed by atoms with van der Waals surface area (Å²) in [6, 6.07) is 15.2. The predicted octanol–water partition coefficient (Wildman–Crippen LogP) is 3.61. The van der Waals surface area contributed by atoms with E-state index in [2.05, 4.69) is 26.2 Å². The van der Waals surface area contributed by atoms with Gasteiger partial charge in [-0.2, -0.15) is 0 Å². The average molecular weight is 397 g/mol. The number of aromatic amines is 1. The van der Waals surface area contributed by atoms with E-state index in [1.54, 1.807) is 7.11 Å². The summed E-state index contributed by atoms with van der Waals surface area (Å²) < 4.78 is 5.71. The van der Waals surface area contributed by atoms with Gasteiger partial charge in [0.1, 0.15) is 5.75 Å². The molecule has 124 valence electrons. The first kappa shape index (κ1) is 15.7. The van der Waals surface area contributed by atoms with Gasteiger partial charge in [-0.25, -0.2) is 0 Å². The van der Waals surface area contributed by atoms with Gasteiger partial charge in [0, 0.05) is 22.0 Å². The molecule has 2 heterocycles. The number of rotatable bonds is 3. The molecule has 1 aliphatic rings. The fraction of sp³-hybridized carbons (Fsp3) is 0.0526. The van der Waals surface area contributed by atoms with Crippen LogP contribution in [0.2, 0.25) is 0 Å². The number of ether oxygens (including phenoxy) is 1. The van der Waals surface area contributed by atoms with E-state index >= 15 is 0 Å². The molecular formula is C19H13BrN2O3. The number of H-pyrrole nitrogens is 1. The van der Waals surface area contributed by atoms with Crippen molar-refractivity contribution < 1.29 is 14.3 Å². The highest BCUT2D eigenvalue weighted by Crippen LogP contribution is 2.42. The molecule has 1 aromatic heterocycles. The van der Waals surface area contributed by atoms with Gasteiger partial charge in [0.15, 0.2) is 0 Å². The van der Waals surface area contributed by atoms with Crippen LogP contribution in [-0.2, 0) is 9.59 Å². The monoisotopic (exact) mass is 396 g/mol. The van der Waals surface area contributed by atoms with E-state index in [1.807, 2.05) is 48.5 Å². The summed E-state index contributed by atoms with van der Waals surface area (Å²) >= 11 is 3.26. The number of aromatic nitrogens is 1. The molecule has 6 heteroatoms. The molecule has 0 atom stereocenters. The van der Waals surface area contributed by atoms with Gasteiger partial charge in [-0.05, 0) is 34.1 Å². The molecule has 2 N–H and O–H groups in total. The molecule has 0 unspecified atom stereocenters. The summed E-state index contributed by atoms with van der Waals surface area (Å²) in [6.45, 7) is 0. The molecule has 0 aliphatic carbocycles. The fourth-order valence-electron chi connectivity index (χ4n) is 3.11. The highest BCUT2D eigenvalue weighted by atomic mass is 79.9. The zero-order valence-corrected chi connectivity index (χ0v) is 14.8. The SMILES string of the molecule is COc1ccccc1-c1[nH]c2ccccc2c1C1=C(Br)C(=O)NC1=O. The Bertz CT molecular complexity index is 1070. The first-order valence-corrected chi connectivity index (χ1v) is 8.41. The van der Waals surface area contributed by atoms with Crippen LogP contribution in [0.1, 0.15) is 5.56 Å². The number of benzene rings is 2. The van der Waals surface area contributed by atoms with Crippen LogP contribution < -0.4 is 10.1 Å². The van der Waals surface area contributed by atoms with Crippen molar-refractivity contribution in [2.45, 2.75) is 0 Å². The maximum Gasteiger partial charge on any atom is 0.265 e. The Morgan fingerprint density at radius 3 is 2.40 bits per heavy atom.